The van der Waals surface area contributed by atoms with Gasteiger partial charge in [-0.3, -0.25) is 10.1 Å². The number of alkyl halides is 6. The van der Waals surface area contributed by atoms with E-state index in [1.165, 1.54) is 18.2 Å². The second-order valence-corrected chi connectivity index (χ2v) is 7.94. The lowest BCUT2D eigenvalue weighted by molar-refractivity contribution is -0.275. The number of rotatable bonds is 9. The molecule has 0 aliphatic carbocycles. The van der Waals surface area contributed by atoms with Gasteiger partial charge in [0.15, 0.2) is 11.6 Å². The summed E-state index contributed by atoms with van der Waals surface area (Å²) in [5.74, 6) is -3.07. The third-order valence-electron chi connectivity index (χ3n) is 5.37. The van der Waals surface area contributed by atoms with Crippen LogP contribution in [0.2, 0.25) is 0 Å². The maximum atomic E-state index is 14.0. The van der Waals surface area contributed by atoms with Crippen molar-refractivity contribution in [3.63, 3.8) is 0 Å². The van der Waals surface area contributed by atoms with Crippen molar-refractivity contribution < 1.29 is 40.3 Å². The quantitative estimate of drug-likeness (QED) is 0.333. The van der Waals surface area contributed by atoms with Crippen molar-refractivity contribution >= 4 is 5.91 Å². The first kappa shape index (κ1) is 27.0. The van der Waals surface area contributed by atoms with Crippen molar-refractivity contribution in [2.45, 2.75) is 37.5 Å². The van der Waals surface area contributed by atoms with Gasteiger partial charge in [0.05, 0.1) is 5.56 Å². The lowest BCUT2D eigenvalue weighted by Crippen LogP contribution is -2.36. The molecule has 0 spiro atoms. The van der Waals surface area contributed by atoms with Crippen molar-refractivity contribution in [3.8, 4) is 5.75 Å². The van der Waals surface area contributed by atoms with Gasteiger partial charge < -0.3 is 10.5 Å². The fraction of sp³-hybridized carbons (Fsp3) is 0.240. The largest absolute Gasteiger partial charge is 0.573 e. The zero-order chi connectivity index (χ0) is 26.5. The fourth-order valence-corrected chi connectivity index (χ4v) is 3.65. The summed E-state index contributed by atoms with van der Waals surface area (Å²) in [6.07, 6.45) is -9.33. The van der Waals surface area contributed by atoms with Gasteiger partial charge in [-0.25, -0.2) is 4.39 Å². The molecule has 3 N–H and O–H groups in total. The number of hydrogen-bond donors (Lipinski definition) is 2. The molecular formula is C25H21F7N2O2. The highest BCUT2D eigenvalue weighted by molar-refractivity contribution is 5.81. The summed E-state index contributed by atoms with van der Waals surface area (Å²) in [6.45, 7) is 0. The lowest BCUT2D eigenvalue weighted by Gasteiger charge is -2.25. The Balaban J connectivity index is 1.92. The third-order valence-corrected chi connectivity index (χ3v) is 5.37. The van der Waals surface area contributed by atoms with Crippen LogP contribution < -0.4 is 15.8 Å². The first-order valence-corrected chi connectivity index (χ1v) is 10.6. The Kier molecular flexibility index (Phi) is 8.24. The Bertz CT molecular complexity index is 1160. The number of halogens is 7. The van der Waals surface area contributed by atoms with Crippen LogP contribution in [0.4, 0.5) is 30.7 Å². The molecule has 1 amide bonds. The topological polar surface area (TPSA) is 64.4 Å². The Hall–Kier alpha value is -3.60. The molecule has 3 aromatic carbocycles. The van der Waals surface area contributed by atoms with Crippen LogP contribution in [0.3, 0.4) is 0 Å². The molecule has 3 rings (SSSR count). The highest BCUT2D eigenvalue weighted by Gasteiger charge is 2.33. The molecule has 0 heterocycles. The maximum Gasteiger partial charge on any atom is 0.573 e. The van der Waals surface area contributed by atoms with Crippen LogP contribution in [0.5, 0.6) is 5.75 Å². The van der Waals surface area contributed by atoms with Gasteiger partial charge >= 0.3 is 12.5 Å². The van der Waals surface area contributed by atoms with E-state index in [-0.39, 0.29) is 18.4 Å². The monoisotopic (exact) mass is 514 g/mol. The Morgan fingerprint density at radius 1 is 0.889 bits per heavy atom. The van der Waals surface area contributed by atoms with E-state index in [0.29, 0.717) is 11.1 Å². The van der Waals surface area contributed by atoms with Gasteiger partial charge in [-0.05, 0) is 53.8 Å². The number of carbonyl (C=O) groups is 1. The van der Waals surface area contributed by atoms with Crippen LogP contribution >= 0.6 is 0 Å². The number of amides is 1. The summed E-state index contributed by atoms with van der Waals surface area (Å²) < 4.78 is 94.5. The average Bonchev–Trinajstić information content (AvgIpc) is 2.80. The normalized spacial score (nSPS) is 13.8. The second-order valence-electron chi connectivity index (χ2n) is 7.94. The van der Waals surface area contributed by atoms with E-state index in [1.807, 2.05) is 0 Å². The zero-order valence-electron chi connectivity index (χ0n) is 18.5. The molecule has 36 heavy (non-hydrogen) atoms. The van der Waals surface area contributed by atoms with E-state index in [0.717, 1.165) is 24.3 Å². The van der Waals surface area contributed by atoms with E-state index in [2.05, 4.69) is 10.1 Å². The molecule has 0 unspecified atom stereocenters. The summed E-state index contributed by atoms with van der Waals surface area (Å²) in [7, 11) is 0. The Morgan fingerprint density at radius 2 is 1.53 bits per heavy atom. The molecule has 2 atom stereocenters. The average molecular weight is 514 g/mol. The summed E-state index contributed by atoms with van der Waals surface area (Å²) in [4.78, 5) is 12.2. The first-order chi connectivity index (χ1) is 16.8. The molecule has 192 valence electrons. The molecule has 0 fully saturated rings. The highest BCUT2D eigenvalue weighted by Crippen LogP contribution is 2.32. The molecule has 4 nitrogen and oxygen atoms in total. The van der Waals surface area contributed by atoms with Crippen molar-refractivity contribution in [2.24, 2.45) is 5.73 Å². The van der Waals surface area contributed by atoms with Crippen LogP contribution in [0.1, 0.15) is 40.8 Å². The molecule has 0 aromatic heterocycles. The van der Waals surface area contributed by atoms with E-state index in [4.69, 9.17) is 5.73 Å². The molecule has 0 saturated heterocycles. The molecule has 0 saturated carbocycles. The molecular weight excluding hydrogens is 493 g/mol. The Labute approximate surface area is 201 Å². The number of nitrogens with two attached hydrogens (primary N) is 1. The van der Waals surface area contributed by atoms with Crippen molar-refractivity contribution in [2.75, 3.05) is 0 Å². The number of benzene rings is 3. The third kappa shape index (κ3) is 7.45. The maximum absolute atomic E-state index is 14.0. The second kappa shape index (κ2) is 11.0. The molecule has 0 aliphatic rings. The summed E-state index contributed by atoms with van der Waals surface area (Å²) in [5, 5.41) is 2.99. The van der Waals surface area contributed by atoms with Crippen LogP contribution in [0.15, 0.2) is 72.8 Å². The summed E-state index contributed by atoms with van der Waals surface area (Å²) >= 11 is 0. The molecule has 3 aromatic rings. The highest BCUT2D eigenvalue weighted by atomic mass is 19.4. The van der Waals surface area contributed by atoms with E-state index >= 15 is 0 Å². The minimum absolute atomic E-state index is 0.124. The van der Waals surface area contributed by atoms with E-state index in [9.17, 15) is 35.5 Å². The standard InChI is InChI=1S/C25H21F7N2O2/c26-19-12-9-17(14-21(19)36-25(30,31)32)20(34-22(23(33)35)16-4-2-1-3-5-16)13-8-15-6-10-18(11-7-15)24(27,28)29/h1-7,9-12,14,20,22,34H,8,13H2,(H2,33,35)/t20-,22-/m1/s1. The van der Waals surface area contributed by atoms with Crippen LogP contribution in [-0.4, -0.2) is 12.3 Å². The summed E-state index contributed by atoms with van der Waals surface area (Å²) in [6, 6.07) is 13.7. The fourth-order valence-electron chi connectivity index (χ4n) is 3.65. The van der Waals surface area contributed by atoms with E-state index < -0.39 is 47.7 Å². The van der Waals surface area contributed by atoms with Gasteiger partial charge in [0.2, 0.25) is 5.91 Å². The van der Waals surface area contributed by atoms with E-state index in [1.54, 1.807) is 30.3 Å². The SMILES string of the molecule is NC(=O)[C@H](N[C@H](CCc1ccc(C(F)(F)F)cc1)c1ccc(F)c(OC(F)(F)F)c1)c1ccccc1. The smallest absolute Gasteiger partial charge is 0.403 e. The van der Waals surface area contributed by atoms with Crippen LogP contribution in [0.25, 0.3) is 0 Å². The summed E-state index contributed by atoms with van der Waals surface area (Å²) in [5.41, 5.74) is 5.88. The van der Waals surface area contributed by atoms with Crippen LogP contribution in [0, 0.1) is 5.82 Å². The number of carbonyl (C=O) groups excluding carboxylic acids is 1. The Morgan fingerprint density at radius 3 is 2.08 bits per heavy atom. The van der Waals surface area contributed by atoms with Gasteiger partial charge in [0.1, 0.15) is 6.04 Å². The lowest BCUT2D eigenvalue weighted by atomic mass is 9.95. The predicted octanol–water partition coefficient (Wildman–Crippen LogP) is 6.23. The number of ether oxygens (including phenoxy) is 1. The van der Waals surface area contributed by atoms with Crippen molar-refractivity contribution in [3.05, 3.63) is 101 Å². The van der Waals surface area contributed by atoms with Crippen molar-refractivity contribution in [1.29, 1.82) is 0 Å². The van der Waals surface area contributed by atoms with Gasteiger partial charge in [0.25, 0.3) is 0 Å². The molecule has 11 heteroatoms. The van der Waals surface area contributed by atoms with Gasteiger partial charge in [-0.2, -0.15) is 13.2 Å². The first-order valence-electron chi connectivity index (χ1n) is 10.6. The number of aryl methyl sites for hydroxylation is 1. The zero-order valence-corrected chi connectivity index (χ0v) is 18.5. The molecule has 0 aliphatic heterocycles. The van der Waals surface area contributed by atoms with Crippen LogP contribution in [-0.2, 0) is 17.4 Å². The number of hydrogen-bond acceptors (Lipinski definition) is 3. The predicted molar refractivity (Wildman–Crippen MR) is 117 cm³/mol. The molecule has 0 bridgehead atoms. The number of nitrogens with one attached hydrogen (secondary N) is 1. The van der Waals surface area contributed by atoms with Crippen molar-refractivity contribution in [1.82, 2.24) is 5.32 Å². The number of primary amides is 1. The minimum atomic E-state index is -5.14. The van der Waals surface area contributed by atoms with Gasteiger partial charge in [-0.1, -0.05) is 48.5 Å². The van der Waals surface area contributed by atoms with Gasteiger partial charge in [-0.15, -0.1) is 13.2 Å². The minimum Gasteiger partial charge on any atom is -0.403 e. The molecule has 0 radical (unpaired) electrons. The van der Waals surface area contributed by atoms with Gasteiger partial charge in [0, 0.05) is 6.04 Å².